The fraction of sp³-hybridized carbons (Fsp3) is 0.346. The van der Waals surface area contributed by atoms with E-state index in [1.54, 1.807) is 0 Å². The number of hydrogen-bond acceptors (Lipinski definition) is 6. The summed E-state index contributed by atoms with van der Waals surface area (Å²) in [5.41, 5.74) is 2.78. The second-order valence-electron chi connectivity index (χ2n) is 9.53. The molecule has 1 atom stereocenters. The van der Waals surface area contributed by atoms with E-state index in [1.165, 1.54) is 0 Å². The van der Waals surface area contributed by atoms with E-state index < -0.39 is 17.9 Å². The molecule has 4 aromatic rings. The molecule has 192 valence electrons. The van der Waals surface area contributed by atoms with Gasteiger partial charge in [-0.05, 0) is 54.9 Å². The van der Waals surface area contributed by atoms with Gasteiger partial charge in [-0.2, -0.15) is 13.2 Å². The number of alkyl halides is 3. The number of pyridine rings is 1. The molecule has 1 saturated heterocycles. The van der Waals surface area contributed by atoms with Crippen LogP contribution in [0.25, 0.3) is 10.9 Å². The highest BCUT2D eigenvalue weighted by molar-refractivity contribution is 6.31. The highest BCUT2D eigenvalue weighted by atomic mass is 35.5. The van der Waals surface area contributed by atoms with Crippen molar-refractivity contribution in [3.63, 3.8) is 0 Å². The number of fused-ring (bicyclic) bond motifs is 3. The van der Waals surface area contributed by atoms with Crippen molar-refractivity contribution in [2.45, 2.75) is 18.6 Å². The van der Waals surface area contributed by atoms with Crippen molar-refractivity contribution in [2.75, 3.05) is 49.6 Å². The minimum absolute atomic E-state index is 0.0327. The fourth-order valence-electron chi connectivity index (χ4n) is 5.25. The second kappa shape index (κ2) is 9.18. The first-order chi connectivity index (χ1) is 17.8. The van der Waals surface area contributed by atoms with Crippen LogP contribution in [0.2, 0.25) is 5.02 Å². The van der Waals surface area contributed by atoms with E-state index in [2.05, 4.69) is 31.8 Å². The smallest absolute Gasteiger partial charge is 0.356 e. The fourth-order valence-corrected chi connectivity index (χ4v) is 5.42. The summed E-state index contributed by atoms with van der Waals surface area (Å²) < 4.78 is 40.4. The van der Waals surface area contributed by atoms with Gasteiger partial charge in [0.25, 0.3) is 0 Å². The number of aromatic nitrogens is 4. The van der Waals surface area contributed by atoms with Gasteiger partial charge in [0, 0.05) is 66.7 Å². The third-order valence-electron chi connectivity index (χ3n) is 7.19. The van der Waals surface area contributed by atoms with E-state index in [1.807, 2.05) is 41.4 Å². The number of nitrogens with zero attached hydrogens (tertiary/aromatic N) is 6. The van der Waals surface area contributed by atoms with Crippen LogP contribution in [-0.4, -0.2) is 64.6 Å². The summed E-state index contributed by atoms with van der Waals surface area (Å²) in [6.45, 7) is 4.16. The Morgan fingerprint density at radius 1 is 1.00 bits per heavy atom. The maximum atomic E-state index is 13.5. The van der Waals surface area contributed by atoms with Crippen LogP contribution in [0.3, 0.4) is 0 Å². The van der Waals surface area contributed by atoms with E-state index in [0.717, 1.165) is 72.0 Å². The van der Waals surface area contributed by atoms with Crippen LogP contribution in [0.4, 0.5) is 24.9 Å². The lowest BCUT2D eigenvalue weighted by atomic mass is 9.93. The van der Waals surface area contributed by atoms with Gasteiger partial charge in [-0.15, -0.1) is 0 Å². The van der Waals surface area contributed by atoms with Crippen LogP contribution in [0.15, 0.2) is 48.8 Å². The topological polar surface area (TPSA) is 64.2 Å². The van der Waals surface area contributed by atoms with Crippen molar-refractivity contribution < 1.29 is 13.2 Å². The molecular formula is C26H25ClF3N7. The average molecular weight is 528 g/mol. The maximum Gasteiger partial charge on any atom is 0.433 e. The van der Waals surface area contributed by atoms with E-state index >= 15 is 0 Å². The van der Waals surface area contributed by atoms with Crippen molar-refractivity contribution in [2.24, 2.45) is 0 Å². The molecule has 0 bridgehead atoms. The number of anilines is 2. The molecule has 2 aliphatic rings. The number of hydrogen-bond donors (Lipinski definition) is 1. The van der Waals surface area contributed by atoms with Crippen LogP contribution in [0.1, 0.15) is 28.6 Å². The first kappa shape index (κ1) is 24.0. The summed E-state index contributed by atoms with van der Waals surface area (Å²) in [6.07, 6.45) is -0.972. The molecule has 11 heteroatoms. The number of benzene rings is 1. The Bertz CT molecular complexity index is 1430. The van der Waals surface area contributed by atoms with Crippen molar-refractivity contribution in [3.8, 4) is 0 Å². The van der Waals surface area contributed by atoms with Crippen LogP contribution >= 0.6 is 11.6 Å². The Labute approximate surface area is 216 Å². The van der Waals surface area contributed by atoms with Gasteiger partial charge in [0.2, 0.25) is 5.95 Å². The maximum absolute atomic E-state index is 13.5. The highest BCUT2D eigenvalue weighted by Gasteiger charge is 2.37. The first-order valence-electron chi connectivity index (χ1n) is 12.1. The van der Waals surface area contributed by atoms with E-state index in [9.17, 15) is 13.2 Å². The monoisotopic (exact) mass is 527 g/mol. The molecule has 6 rings (SSSR count). The minimum Gasteiger partial charge on any atom is -0.356 e. The molecule has 0 aliphatic carbocycles. The summed E-state index contributed by atoms with van der Waals surface area (Å²) in [5, 5.41) is 1.65. The average Bonchev–Trinajstić information content (AvgIpc) is 3.26. The van der Waals surface area contributed by atoms with E-state index in [-0.39, 0.29) is 5.95 Å². The van der Waals surface area contributed by atoms with Crippen LogP contribution < -0.4 is 9.80 Å². The zero-order valence-electron chi connectivity index (χ0n) is 20.1. The molecule has 0 spiro atoms. The molecule has 37 heavy (non-hydrogen) atoms. The molecule has 0 saturated carbocycles. The normalized spacial score (nSPS) is 18.9. The van der Waals surface area contributed by atoms with Crippen molar-refractivity contribution in [3.05, 3.63) is 76.3 Å². The molecule has 0 unspecified atom stereocenters. The molecule has 7 nitrogen and oxygen atoms in total. The molecular weight excluding hydrogens is 503 g/mol. The molecule has 3 aromatic heterocycles. The molecule has 5 heterocycles. The largest absolute Gasteiger partial charge is 0.433 e. The predicted molar refractivity (Wildman–Crippen MR) is 137 cm³/mol. The van der Waals surface area contributed by atoms with Gasteiger partial charge in [0.1, 0.15) is 11.5 Å². The summed E-state index contributed by atoms with van der Waals surface area (Å²) in [7, 11) is 2.10. The Hall–Kier alpha value is -3.37. The number of rotatable bonds is 3. The Morgan fingerprint density at radius 3 is 2.54 bits per heavy atom. The molecule has 0 radical (unpaired) electrons. The zero-order chi connectivity index (χ0) is 25.7. The lowest BCUT2D eigenvalue weighted by molar-refractivity contribution is -0.141. The Kier molecular flexibility index (Phi) is 5.95. The van der Waals surface area contributed by atoms with Gasteiger partial charge >= 0.3 is 6.18 Å². The van der Waals surface area contributed by atoms with Crippen molar-refractivity contribution in [1.29, 1.82) is 0 Å². The second-order valence-corrected chi connectivity index (χ2v) is 9.97. The SMILES string of the molecule is CN1CCN(c2ccc([C@H]3c4[nH]c5ccc(Cl)cc5c4CCN3c3nccc(C(F)(F)F)n3)cn2)CC1. The van der Waals surface area contributed by atoms with E-state index in [0.29, 0.717) is 18.0 Å². The highest BCUT2D eigenvalue weighted by Crippen LogP contribution is 2.41. The number of nitrogens with one attached hydrogen (secondary N) is 1. The number of H-pyrrole nitrogens is 1. The first-order valence-corrected chi connectivity index (χ1v) is 12.5. The lowest BCUT2D eigenvalue weighted by Gasteiger charge is -2.37. The van der Waals surface area contributed by atoms with Gasteiger partial charge in [-0.1, -0.05) is 17.7 Å². The van der Waals surface area contributed by atoms with Crippen LogP contribution in [-0.2, 0) is 12.6 Å². The van der Waals surface area contributed by atoms with Crippen LogP contribution in [0.5, 0.6) is 0 Å². The summed E-state index contributed by atoms with van der Waals surface area (Å²) >= 11 is 6.29. The number of halogens is 4. The quantitative estimate of drug-likeness (QED) is 0.408. The summed E-state index contributed by atoms with van der Waals surface area (Å²) in [4.78, 5) is 22.7. The number of piperazine rings is 1. The standard InChI is InChI=1S/C26H25ClF3N7/c1-35-10-12-36(13-11-35)22-5-2-16(15-32-22)24-23-18(19-14-17(27)3-4-20(19)33-23)7-9-37(24)25-31-8-6-21(34-25)26(28,29)30/h2-6,8,14-15,24,33H,7,9-13H2,1H3/t24-/m0/s1. The molecule has 1 aromatic carbocycles. The van der Waals surface area contributed by atoms with Gasteiger partial charge in [0.15, 0.2) is 0 Å². The predicted octanol–water partition coefficient (Wildman–Crippen LogP) is 4.93. The molecule has 1 fully saturated rings. The zero-order valence-corrected chi connectivity index (χ0v) is 20.9. The number of likely N-dealkylation sites (N-methyl/N-ethyl adjacent to an activating group) is 1. The van der Waals surface area contributed by atoms with Crippen molar-refractivity contribution >= 4 is 34.3 Å². The molecule has 1 N–H and O–H groups in total. The lowest BCUT2D eigenvalue weighted by Crippen LogP contribution is -2.44. The summed E-state index contributed by atoms with van der Waals surface area (Å²) in [6, 6.07) is 10.1. The molecule has 0 amide bonds. The van der Waals surface area contributed by atoms with E-state index in [4.69, 9.17) is 16.6 Å². The Morgan fingerprint density at radius 2 is 1.81 bits per heavy atom. The minimum atomic E-state index is -4.56. The third-order valence-corrected chi connectivity index (χ3v) is 7.43. The third kappa shape index (κ3) is 4.48. The van der Waals surface area contributed by atoms with Crippen LogP contribution in [0, 0.1) is 0 Å². The number of aromatic amines is 1. The van der Waals surface area contributed by atoms with Gasteiger partial charge < -0.3 is 19.7 Å². The Balaban J connectivity index is 1.43. The van der Waals surface area contributed by atoms with Crippen molar-refractivity contribution in [1.82, 2.24) is 24.8 Å². The van der Waals surface area contributed by atoms with Gasteiger partial charge in [-0.3, -0.25) is 0 Å². The summed E-state index contributed by atoms with van der Waals surface area (Å²) in [5.74, 6) is 0.920. The van der Waals surface area contributed by atoms with Gasteiger partial charge in [-0.25, -0.2) is 15.0 Å². The molecule has 2 aliphatic heterocycles. The van der Waals surface area contributed by atoms with Gasteiger partial charge in [0.05, 0.1) is 6.04 Å².